The second kappa shape index (κ2) is 9.18. The van der Waals surface area contributed by atoms with E-state index in [1.165, 1.54) is 0 Å². The van der Waals surface area contributed by atoms with Gasteiger partial charge < -0.3 is 20.1 Å². The Balaban J connectivity index is 3.40. The van der Waals surface area contributed by atoms with Crippen molar-refractivity contribution in [2.24, 2.45) is 0 Å². The molecule has 84 valence electrons. The van der Waals surface area contributed by atoms with Crippen molar-refractivity contribution >= 4 is 17.3 Å². The summed E-state index contributed by atoms with van der Waals surface area (Å²) in [7, 11) is 1.66. The molecule has 0 fully saturated rings. The Morgan fingerprint density at radius 2 is 2.21 bits per heavy atom. The Kier molecular flexibility index (Phi) is 8.92. The molecule has 0 radical (unpaired) electrons. The van der Waals surface area contributed by atoms with Crippen molar-refractivity contribution in [3.63, 3.8) is 0 Å². The second-order valence-corrected chi connectivity index (χ2v) is 3.36. The van der Waals surface area contributed by atoms with Gasteiger partial charge in [0.25, 0.3) is 0 Å². The lowest BCUT2D eigenvalue weighted by Gasteiger charge is -2.16. The van der Waals surface area contributed by atoms with Crippen molar-refractivity contribution in [3.8, 4) is 0 Å². The van der Waals surface area contributed by atoms with Gasteiger partial charge in [0.2, 0.25) is 0 Å². The van der Waals surface area contributed by atoms with Crippen LogP contribution < -0.4 is 10.6 Å². The highest BCUT2D eigenvalue weighted by Crippen LogP contribution is 1.84. The number of thiocarbonyl (C=S) groups is 1. The Bertz CT molecular complexity index is 156. The van der Waals surface area contributed by atoms with E-state index in [0.717, 1.165) is 13.2 Å². The lowest BCUT2D eigenvalue weighted by atomic mass is 10.4. The molecule has 0 amide bonds. The molecule has 0 bridgehead atoms. The predicted octanol–water partition coefficient (Wildman–Crippen LogP) is 0.522. The number of rotatable bonds is 7. The molecule has 0 aromatic rings. The minimum atomic E-state index is 0.234. The van der Waals surface area contributed by atoms with Crippen LogP contribution in [-0.4, -0.2) is 44.6 Å². The molecule has 1 unspecified atom stereocenters. The maximum Gasteiger partial charge on any atom is 0.166 e. The molecule has 0 aliphatic rings. The third kappa shape index (κ3) is 8.22. The van der Waals surface area contributed by atoms with Crippen LogP contribution in [0.1, 0.15) is 13.8 Å². The summed E-state index contributed by atoms with van der Waals surface area (Å²) in [6.45, 7) is 6.78. The molecule has 1 atom stereocenters. The fourth-order valence-corrected chi connectivity index (χ4v) is 1.18. The van der Waals surface area contributed by atoms with Gasteiger partial charge in [0, 0.05) is 26.3 Å². The fourth-order valence-electron chi connectivity index (χ4n) is 0.878. The zero-order valence-electron chi connectivity index (χ0n) is 9.13. The van der Waals surface area contributed by atoms with E-state index in [1.54, 1.807) is 7.11 Å². The number of hydrogen-bond donors (Lipinski definition) is 2. The summed E-state index contributed by atoms with van der Waals surface area (Å²) in [5, 5.41) is 6.79. The van der Waals surface area contributed by atoms with Crippen LogP contribution in [0.2, 0.25) is 0 Å². The van der Waals surface area contributed by atoms with E-state index in [0.29, 0.717) is 18.3 Å². The zero-order chi connectivity index (χ0) is 10.8. The van der Waals surface area contributed by atoms with Crippen LogP contribution in [0.15, 0.2) is 0 Å². The quantitative estimate of drug-likeness (QED) is 0.484. The van der Waals surface area contributed by atoms with E-state index in [2.05, 4.69) is 10.6 Å². The minimum Gasteiger partial charge on any atom is -0.383 e. The SMILES string of the molecule is CCOCC(C)NC(=S)NCCOC. The van der Waals surface area contributed by atoms with Gasteiger partial charge in [-0.2, -0.15) is 0 Å². The molecule has 0 saturated heterocycles. The monoisotopic (exact) mass is 220 g/mol. The number of ether oxygens (including phenoxy) is 2. The Morgan fingerprint density at radius 3 is 2.79 bits per heavy atom. The summed E-state index contributed by atoms with van der Waals surface area (Å²) >= 11 is 5.06. The first-order chi connectivity index (χ1) is 6.70. The molecule has 2 N–H and O–H groups in total. The van der Waals surface area contributed by atoms with Gasteiger partial charge in [-0.1, -0.05) is 0 Å². The van der Waals surface area contributed by atoms with Gasteiger partial charge in [0.1, 0.15) is 0 Å². The van der Waals surface area contributed by atoms with Crippen LogP contribution in [-0.2, 0) is 9.47 Å². The molecule has 0 saturated carbocycles. The first-order valence-electron chi connectivity index (χ1n) is 4.81. The van der Waals surface area contributed by atoms with Gasteiger partial charge in [-0.25, -0.2) is 0 Å². The highest BCUT2D eigenvalue weighted by Gasteiger charge is 2.02. The van der Waals surface area contributed by atoms with Gasteiger partial charge in [-0.05, 0) is 26.1 Å². The van der Waals surface area contributed by atoms with Gasteiger partial charge in [0.15, 0.2) is 5.11 Å². The molecular formula is C9H20N2O2S. The molecule has 0 heterocycles. The van der Waals surface area contributed by atoms with Gasteiger partial charge in [-0.3, -0.25) is 0 Å². The van der Waals surface area contributed by atoms with E-state index in [4.69, 9.17) is 21.7 Å². The highest BCUT2D eigenvalue weighted by molar-refractivity contribution is 7.80. The molecule has 4 nitrogen and oxygen atoms in total. The summed E-state index contributed by atoms with van der Waals surface area (Å²) in [4.78, 5) is 0. The number of methoxy groups -OCH3 is 1. The molecule has 5 heteroatoms. The predicted molar refractivity (Wildman–Crippen MR) is 61.6 cm³/mol. The van der Waals surface area contributed by atoms with Crippen molar-refractivity contribution < 1.29 is 9.47 Å². The Labute approximate surface area is 91.3 Å². The number of nitrogens with one attached hydrogen (secondary N) is 2. The van der Waals surface area contributed by atoms with Crippen LogP contribution in [0.5, 0.6) is 0 Å². The average Bonchev–Trinajstić information content (AvgIpc) is 2.15. The van der Waals surface area contributed by atoms with E-state index in [9.17, 15) is 0 Å². The van der Waals surface area contributed by atoms with Crippen LogP contribution in [0, 0.1) is 0 Å². The van der Waals surface area contributed by atoms with Crippen molar-refractivity contribution in [2.75, 3.05) is 33.5 Å². The van der Waals surface area contributed by atoms with Gasteiger partial charge in [-0.15, -0.1) is 0 Å². The fraction of sp³-hybridized carbons (Fsp3) is 0.889. The third-order valence-electron chi connectivity index (χ3n) is 1.54. The zero-order valence-corrected chi connectivity index (χ0v) is 9.95. The second-order valence-electron chi connectivity index (χ2n) is 2.95. The van der Waals surface area contributed by atoms with Crippen molar-refractivity contribution in [1.29, 1.82) is 0 Å². The van der Waals surface area contributed by atoms with Crippen LogP contribution in [0.25, 0.3) is 0 Å². The van der Waals surface area contributed by atoms with E-state index in [1.807, 2.05) is 13.8 Å². The molecule has 14 heavy (non-hydrogen) atoms. The van der Waals surface area contributed by atoms with Gasteiger partial charge in [0.05, 0.1) is 13.2 Å². The lowest BCUT2D eigenvalue weighted by Crippen LogP contribution is -2.43. The summed E-state index contributed by atoms with van der Waals surface area (Å²) in [6, 6.07) is 0.234. The van der Waals surface area contributed by atoms with E-state index in [-0.39, 0.29) is 6.04 Å². The maximum absolute atomic E-state index is 5.25. The standard InChI is InChI=1S/C9H20N2O2S/c1-4-13-7-8(2)11-9(14)10-5-6-12-3/h8H,4-7H2,1-3H3,(H2,10,11,14). The number of hydrogen-bond acceptors (Lipinski definition) is 3. The van der Waals surface area contributed by atoms with Crippen molar-refractivity contribution in [2.45, 2.75) is 19.9 Å². The van der Waals surface area contributed by atoms with E-state index < -0.39 is 0 Å². The molecule has 0 rings (SSSR count). The minimum absolute atomic E-state index is 0.234. The summed E-state index contributed by atoms with van der Waals surface area (Å²) in [5.74, 6) is 0. The molecule has 0 aliphatic carbocycles. The summed E-state index contributed by atoms with van der Waals surface area (Å²) < 4.78 is 10.1. The molecular weight excluding hydrogens is 200 g/mol. The Morgan fingerprint density at radius 1 is 1.50 bits per heavy atom. The summed E-state index contributed by atoms with van der Waals surface area (Å²) in [6.07, 6.45) is 0. The Hall–Kier alpha value is -0.390. The van der Waals surface area contributed by atoms with Crippen LogP contribution in [0.4, 0.5) is 0 Å². The molecule has 0 aromatic heterocycles. The largest absolute Gasteiger partial charge is 0.383 e. The molecule has 0 aromatic carbocycles. The molecule has 0 spiro atoms. The van der Waals surface area contributed by atoms with Gasteiger partial charge >= 0.3 is 0 Å². The highest BCUT2D eigenvalue weighted by atomic mass is 32.1. The molecule has 0 aliphatic heterocycles. The van der Waals surface area contributed by atoms with E-state index >= 15 is 0 Å². The first kappa shape index (κ1) is 13.6. The normalized spacial score (nSPS) is 12.2. The van der Waals surface area contributed by atoms with Crippen molar-refractivity contribution in [3.05, 3.63) is 0 Å². The topological polar surface area (TPSA) is 42.5 Å². The lowest BCUT2D eigenvalue weighted by molar-refractivity contribution is 0.132. The summed E-state index contributed by atoms with van der Waals surface area (Å²) in [5.41, 5.74) is 0. The van der Waals surface area contributed by atoms with Crippen LogP contribution >= 0.6 is 12.2 Å². The maximum atomic E-state index is 5.25. The van der Waals surface area contributed by atoms with Crippen LogP contribution in [0.3, 0.4) is 0 Å². The first-order valence-corrected chi connectivity index (χ1v) is 5.22. The third-order valence-corrected chi connectivity index (χ3v) is 1.80. The average molecular weight is 220 g/mol. The van der Waals surface area contributed by atoms with Crippen molar-refractivity contribution in [1.82, 2.24) is 10.6 Å². The smallest absolute Gasteiger partial charge is 0.166 e.